The smallest absolute Gasteiger partial charge is 0.277 e. The summed E-state index contributed by atoms with van der Waals surface area (Å²) < 4.78 is 0. The normalized spacial score (nSPS) is 10.4. The second-order valence-corrected chi connectivity index (χ2v) is 3.52. The van der Waals surface area contributed by atoms with E-state index in [-0.39, 0.29) is 5.91 Å². The van der Waals surface area contributed by atoms with E-state index in [1.165, 1.54) is 0 Å². The monoisotopic (exact) mass is 219 g/mol. The minimum atomic E-state index is -0.262. The largest absolute Gasteiger partial charge is 0.304 e. The third kappa shape index (κ3) is 2.10. The van der Waals surface area contributed by atoms with E-state index in [4.69, 9.17) is 0 Å². The van der Waals surface area contributed by atoms with Crippen LogP contribution < -0.4 is 5.32 Å². The molecule has 2 rings (SSSR count). The molecule has 2 aromatic rings. The van der Waals surface area contributed by atoms with Crippen LogP contribution in [0.1, 0.15) is 28.8 Å². The predicted octanol–water partition coefficient (Wildman–Crippen LogP) is 1.26. The molecular formula is C10H13N5O. The first-order valence-corrected chi connectivity index (χ1v) is 5.06. The van der Waals surface area contributed by atoms with Gasteiger partial charge < -0.3 is 5.32 Å². The van der Waals surface area contributed by atoms with Crippen LogP contribution in [0.25, 0.3) is 0 Å². The van der Waals surface area contributed by atoms with Crippen molar-refractivity contribution in [3.8, 4) is 0 Å². The Bertz CT molecular complexity index is 499. The number of carbonyl (C=O) groups is 1. The van der Waals surface area contributed by atoms with Crippen molar-refractivity contribution in [1.82, 2.24) is 20.4 Å². The molecule has 0 fully saturated rings. The third-order valence-corrected chi connectivity index (χ3v) is 2.19. The van der Waals surface area contributed by atoms with Crippen LogP contribution in [-0.2, 0) is 6.42 Å². The zero-order valence-corrected chi connectivity index (χ0v) is 9.16. The molecule has 0 bridgehead atoms. The van der Waals surface area contributed by atoms with Crippen LogP contribution in [0.5, 0.6) is 0 Å². The molecule has 0 aliphatic carbocycles. The molecule has 2 heterocycles. The fourth-order valence-electron chi connectivity index (χ4n) is 1.32. The highest BCUT2D eigenvalue weighted by atomic mass is 16.2. The first-order valence-electron chi connectivity index (χ1n) is 5.06. The van der Waals surface area contributed by atoms with Gasteiger partial charge in [-0.1, -0.05) is 6.92 Å². The van der Waals surface area contributed by atoms with Gasteiger partial charge in [-0.15, -0.1) is 0 Å². The Morgan fingerprint density at radius 2 is 2.19 bits per heavy atom. The molecule has 84 valence electrons. The summed E-state index contributed by atoms with van der Waals surface area (Å²) in [5.41, 5.74) is 2.20. The number of nitrogens with zero attached hydrogens (tertiary/aromatic N) is 2. The number of rotatable bonds is 3. The van der Waals surface area contributed by atoms with Gasteiger partial charge in [-0.05, 0) is 19.4 Å². The Kier molecular flexibility index (Phi) is 2.72. The van der Waals surface area contributed by atoms with Crippen LogP contribution >= 0.6 is 0 Å². The molecule has 2 aromatic heterocycles. The van der Waals surface area contributed by atoms with Gasteiger partial charge in [0.2, 0.25) is 0 Å². The van der Waals surface area contributed by atoms with Crippen molar-refractivity contribution < 1.29 is 4.79 Å². The average molecular weight is 219 g/mol. The van der Waals surface area contributed by atoms with Crippen molar-refractivity contribution in [1.29, 1.82) is 0 Å². The molecule has 0 radical (unpaired) electrons. The fraction of sp³-hybridized carbons (Fsp3) is 0.300. The lowest BCUT2D eigenvalue weighted by molar-refractivity contribution is 0.102. The zero-order chi connectivity index (χ0) is 11.5. The van der Waals surface area contributed by atoms with E-state index in [9.17, 15) is 4.79 Å². The predicted molar refractivity (Wildman–Crippen MR) is 59.2 cm³/mol. The highest BCUT2D eigenvalue weighted by molar-refractivity contribution is 6.02. The lowest BCUT2D eigenvalue weighted by Gasteiger charge is -1.96. The first kappa shape index (κ1) is 10.4. The second-order valence-electron chi connectivity index (χ2n) is 3.52. The van der Waals surface area contributed by atoms with Crippen LogP contribution in [0, 0.1) is 6.92 Å². The number of amides is 1. The lowest BCUT2D eigenvalue weighted by atomic mass is 10.3. The minimum absolute atomic E-state index is 0.262. The van der Waals surface area contributed by atoms with Gasteiger partial charge in [0.05, 0.1) is 0 Å². The Morgan fingerprint density at radius 3 is 2.75 bits per heavy atom. The van der Waals surface area contributed by atoms with E-state index < -0.39 is 0 Å². The van der Waals surface area contributed by atoms with Crippen molar-refractivity contribution >= 4 is 11.7 Å². The minimum Gasteiger partial charge on any atom is -0.304 e. The van der Waals surface area contributed by atoms with Gasteiger partial charge in [-0.25, -0.2) is 0 Å². The van der Waals surface area contributed by atoms with Crippen molar-refractivity contribution in [3.05, 3.63) is 29.2 Å². The Morgan fingerprint density at radius 1 is 1.38 bits per heavy atom. The SMILES string of the molecule is CCc1cc(C(=O)Nc2cc(C)[nH]n2)n[nH]1. The number of anilines is 1. The van der Waals surface area contributed by atoms with Gasteiger partial charge in [0.25, 0.3) is 5.91 Å². The number of H-pyrrole nitrogens is 2. The van der Waals surface area contributed by atoms with Crippen LogP contribution in [0.15, 0.2) is 12.1 Å². The van der Waals surface area contributed by atoms with Gasteiger partial charge >= 0.3 is 0 Å². The summed E-state index contributed by atoms with van der Waals surface area (Å²) >= 11 is 0. The first-order chi connectivity index (χ1) is 7.69. The van der Waals surface area contributed by atoms with Gasteiger partial charge in [0.1, 0.15) is 0 Å². The summed E-state index contributed by atoms with van der Waals surface area (Å²) in [5, 5.41) is 16.0. The Balaban J connectivity index is 2.08. The number of aromatic nitrogens is 4. The molecular weight excluding hydrogens is 206 g/mol. The van der Waals surface area contributed by atoms with E-state index in [0.29, 0.717) is 11.5 Å². The molecule has 0 aliphatic rings. The van der Waals surface area contributed by atoms with Crippen LogP contribution in [0.2, 0.25) is 0 Å². The molecule has 0 atom stereocenters. The number of aromatic amines is 2. The molecule has 3 N–H and O–H groups in total. The zero-order valence-electron chi connectivity index (χ0n) is 9.16. The van der Waals surface area contributed by atoms with Gasteiger partial charge in [-0.2, -0.15) is 10.2 Å². The Hall–Kier alpha value is -2.11. The second kappa shape index (κ2) is 4.18. The van der Waals surface area contributed by atoms with Gasteiger partial charge in [-0.3, -0.25) is 15.0 Å². The van der Waals surface area contributed by atoms with Crippen molar-refractivity contribution in [2.45, 2.75) is 20.3 Å². The molecule has 0 saturated carbocycles. The number of nitrogens with one attached hydrogen (secondary N) is 3. The molecule has 0 saturated heterocycles. The van der Waals surface area contributed by atoms with Crippen molar-refractivity contribution in [3.63, 3.8) is 0 Å². The molecule has 0 unspecified atom stereocenters. The average Bonchev–Trinajstić information content (AvgIpc) is 2.87. The molecule has 6 nitrogen and oxygen atoms in total. The maximum Gasteiger partial charge on any atom is 0.277 e. The molecule has 6 heteroatoms. The van der Waals surface area contributed by atoms with E-state index >= 15 is 0 Å². The number of hydrogen-bond acceptors (Lipinski definition) is 3. The summed E-state index contributed by atoms with van der Waals surface area (Å²) in [4.78, 5) is 11.7. The van der Waals surface area contributed by atoms with Gasteiger partial charge in [0.15, 0.2) is 11.5 Å². The topological polar surface area (TPSA) is 86.5 Å². The number of hydrogen-bond donors (Lipinski definition) is 3. The van der Waals surface area contributed by atoms with Crippen LogP contribution in [0.3, 0.4) is 0 Å². The molecule has 0 spiro atoms. The van der Waals surface area contributed by atoms with E-state index in [1.54, 1.807) is 12.1 Å². The third-order valence-electron chi connectivity index (χ3n) is 2.19. The fourth-order valence-corrected chi connectivity index (χ4v) is 1.32. The molecule has 0 aliphatic heterocycles. The standard InChI is InChI=1S/C10H13N5O/c1-3-7-5-8(14-13-7)10(16)11-9-4-6(2)12-15-9/h4-5H,3H2,1-2H3,(H,13,14)(H2,11,12,15,16). The summed E-state index contributed by atoms with van der Waals surface area (Å²) in [7, 11) is 0. The van der Waals surface area contributed by atoms with E-state index in [0.717, 1.165) is 17.8 Å². The van der Waals surface area contributed by atoms with Crippen molar-refractivity contribution in [2.75, 3.05) is 5.32 Å². The van der Waals surface area contributed by atoms with Crippen molar-refractivity contribution in [2.24, 2.45) is 0 Å². The Labute approximate surface area is 92.5 Å². The maximum absolute atomic E-state index is 11.7. The van der Waals surface area contributed by atoms with E-state index in [1.807, 2.05) is 13.8 Å². The summed E-state index contributed by atoms with van der Waals surface area (Å²) in [6.07, 6.45) is 0.821. The molecule has 1 amide bonds. The van der Waals surface area contributed by atoms with Crippen LogP contribution in [-0.4, -0.2) is 26.3 Å². The molecule has 16 heavy (non-hydrogen) atoms. The number of carbonyl (C=O) groups excluding carboxylic acids is 1. The quantitative estimate of drug-likeness (QED) is 0.726. The highest BCUT2D eigenvalue weighted by Gasteiger charge is 2.11. The van der Waals surface area contributed by atoms with E-state index in [2.05, 4.69) is 25.7 Å². The summed E-state index contributed by atoms with van der Waals surface area (Å²) in [5.74, 6) is 0.242. The van der Waals surface area contributed by atoms with Crippen LogP contribution in [0.4, 0.5) is 5.82 Å². The van der Waals surface area contributed by atoms with Gasteiger partial charge in [0, 0.05) is 17.5 Å². The lowest BCUT2D eigenvalue weighted by Crippen LogP contribution is -2.12. The highest BCUT2D eigenvalue weighted by Crippen LogP contribution is 2.07. The number of aryl methyl sites for hydroxylation is 2. The molecule has 0 aromatic carbocycles. The summed E-state index contributed by atoms with van der Waals surface area (Å²) in [6, 6.07) is 3.49. The maximum atomic E-state index is 11.7. The summed E-state index contributed by atoms with van der Waals surface area (Å²) in [6.45, 7) is 3.86.